The number of imidazole rings is 1. The number of nitrogens with zero attached hydrogens (tertiary/aromatic N) is 4. The molecule has 1 aromatic carbocycles. The van der Waals surface area contributed by atoms with Crippen LogP contribution in [0.4, 0.5) is 5.82 Å². The van der Waals surface area contributed by atoms with E-state index in [1.165, 1.54) is 26.2 Å². The van der Waals surface area contributed by atoms with Gasteiger partial charge in [0.05, 0.1) is 36.2 Å². The van der Waals surface area contributed by atoms with Crippen LogP contribution in [0.1, 0.15) is 44.5 Å². The van der Waals surface area contributed by atoms with Gasteiger partial charge in [-0.2, -0.15) is 0 Å². The van der Waals surface area contributed by atoms with Crippen molar-refractivity contribution in [1.82, 2.24) is 29.7 Å². The van der Waals surface area contributed by atoms with Crippen molar-refractivity contribution in [3.8, 4) is 0 Å². The molecular weight excluding hydrogens is 521 g/mol. The summed E-state index contributed by atoms with van der Waals surface area (Å²) >= 11 is 6.15. The lowest BCUT2D eigenvalue weighted by Crippen LogP contribution is -2.49. The number of ether oxygens (including phenoxy) is 2. The second-order valence-electron chi connectivity index (χ2n) is 8.97. The van der Waals surface area contributed by atoms with Crippen LogP contribution in [0.5, 0.6) is 0 Å². The standard InChI is InChI=1S/C23H31ClN7O5P/c1-5-10-35-22(33)23(3,4)30-37(34,29-21(32)16-8-6-7-9-17(16)24)14-36-15(2)11-31-13-28-18-19(25)26-12-27-20(18)31/h6-9,12-13,15H,5,10-11,14H2,1-4H3,(H2,25,26,27)(H2,29,30,32,34)/t15-,37-/m1/s1. The summed E-state index contributed by atoms with van der Waals surface area (Å²) in [4.78, 5) is 37.9. The summed E-state index contributed by atoms with van der Waals surface area (Å²) in [5.74, 6) is -1.04. The van der Waals surface area contributed by atoms with Crippen LogP contribution in [0.2, 0.25) is 5.02 Å². The Hall–Kier alpha value is -3.05. The molecule has 0 fully saturated rings. The first kappa shape index (κ1) is 28.5. The maximum atomic E-state index is 14.0. The number of halogens is 1. The molecule has 2 heterocycles. The minimum Gasteiger partial charge on any atom is -0.464 e. The number of carbonyl (C=O) groups excluding carboxylic acids is 2. The fourth-order valence-corrected chi connectivity index (χ4v) is 5.74. The van der Waals surface area contributed by atoms with E-state index in [-0.39, 0.29) is 23.0 Å². The first-order valence-electron chi connectivity index (χ1n) is 11.6. The number of fused-ring (bicyclic) bond motifs is 1. The number of nitrogens with two attached hydrogens (primary N) is 1. The van der Waals surface area contributed by atoms with Gasteiger partial charge in [0.2, 0.25) is 0 Å². The van der Waals surface area contributed by atoms with Crippen LogP contribution in [0.15, 0.2) is 36.9 Å². The first-order chi connectivity index (χ1) is 17.5. The summed E-state index contributed by atoms with van der Waals surface area (Å²) in [6.07, 6.45) is 2.61. The maximum absolute atomic E-state index is 14.0. The molecule has 0 bridgehead atoms. The van der Waals surface area contributed by atoms with Crippen LogP contribution < -0.4 is 15.9 Å². The van der Waals surface area contributed by atoms with E-state index in [0.29, 0.717) is 24.1 Å². The van der Waals surface area contributed by atoms with E-state index in [1.54, 1.807) is 36.0 Å². The number of esters is 1. The Kier molecular flexibility index (Phi) is 9.25. The summed E-state index contributed by atoms with van der Waals surface area (Å²) in [5.41, 5.74) is 5.57. The predicted octanol–water partition coefficient (Wildman–Crippen LogP) is 3.37. The Balaban J connectivity index is 1.78. The van der Waals surface area contributed by atoms with Gasteiger partial charge in [-0.15, -0.1) is 0 Å². The molecule has 2 atom stereocenters. The van der Waals surface area contributed by atoms with Crippen molar-refractivity contribution in [1.29, 1.82) is 0 Å². The lowest BCUT2D eigenvalue weighted by atomic mass is 10.1. The molecule has 12 nitrogen and oxygen atoms in total. The van der Waals surface area contributed by atoms with E-state index in [9.17, 15) is 14.2 Å². The third kappa shape index (κ3) is 7.26. The van der Waals surface area contributed by atoms with Crippen LogP contribution >= 0.6 is 19.0 Å². The van der Waals surface area contributed by atoms with Gasteiger partial charge in [0.25, 0.3) is 13.4 Å². The Morgan fingerprint density at radius 2 is 1.97 bits per heavy atom. The van der Waals surface area contributed by atoms with E-state index >= 15 is 0 Å². The third-order valence-electron chi connectivity index (χ3n) is 5.23. The van der Waals surface area contributed by atoms with Crippen molar-refractivity contribution >= 4 is 47.9 Å². The average molecular weight is 552 g/mol. The zero-order chi connectivity index (χ0) is 27.2. The molecular formula is C23H31ClN7O5P. The monoisotopic (exact) mass is 551 g/mol. The molecule has 4 N–H and O–H groups in total. The van der Waals surface area contributed by atoms with Crippen molar-refractivity contribution in [2.75, 3.05) is 18.7 Å². The third-order valence-corrected chi connectivity index (χ3v) is 7.56. The van der Waals surface area contributed by atoms with Crippen LogP contribution in [0.25, 0.3) is 11.2 Å². The zero-order valence-electron chi connectivity index (χ0n) is 21.1. The highest BCUT2D eigenvalue weighted by molar-refractivity contribution is 7.60. The average Bonchev–Trinajstić information content (AvgIpc) is 3.25. The van der Waals surface area contributed by atoms with Crippen LogP contribution in [-0.4, -0.2) is 56.0 Å². The predicted molar refractivity (Wildman–Crippen MR) is 140 cm³/mol. The molecule has 14 heteroatoms. The molecule has 1 amide bonds. The van der Waals surface area contributed by atoms with E-state index in [1.807, 2.05) is 6.92 Å². The molecule has 200 valence electrons. The van der Waals surface area contributed by atoms with Crippen molar-refractivity contribution in [2.45, 2.75) is 52.3 Å². The number of aromatic nitrogens is 4. The Bertz CT molecular complexity index is 1320. The second-order valence-corrected chi connectivity index (χ2v) is 11.6. The molecule has 0 radical (unpaired) electrons. The zero-order valence-corrected chi connectivity index (χ0v) is 22.8. The molecule has 0 spiro atoms. The molecule has 0 aliphatic heterocycles. The van der Waals surface area contributed by atoms with Gasteiger partial charge in [0, 0.05) is 0 Å². The van der Waals surface area contributed by atoms with Crippen molar-refractivity contribution in [2.24, 2.45) is 0 Å². The van der Waals surface area contributed by atoms with E-state index < -0.39 is 37.3 Å². The normalized spacial score (nSPS) is 14.2. The molecule has 0 saturated carbocycles. The summed E-state index contributed by atoms with van der Waals surface area (Å²) < 4.78 is 26.8. The van der Waals surface area contributed by atoms with Crippen LogP contribution in [-0.2, 0) is 25.4 Å². The lowest BCUT2D eigenvalue weighted by Gasteiger charge is -2.31. The molecule has 2 aromatic heterocycles. The van der Waals surface area contributed by atoms with E-state index in [4.69, 9.17) is 26.8 Å². The van der Waals surface area contributed by atoms with Gasteiger partial charge in [-0.05, 0) is 39.3 Å². The van der Waals surface area contributed by atoms with Crippen molar-refractivity contribution in [3.05, 3.63) is 47.5 Å². The fourth-order valence-electron chi connectivity index (χ4n) is 3.43. The van der Waals surface area contributed by atoms with Gasteiger partial charge in [-0.25, -0.2) is 20.0 Å². The van der Waals surface area contributed by atoms with Crippen molar-refractivity contribution in [3.63, 3.8) is 0 Å². The topological polar surface area (TPSA) is 163 Å². The number of hydrogen-bond donors (Lipinski definition) is 3. The quantitative estimate of drug-likeness (QED) is 0.224. The Morgan fingerprint density at radius 1 is 1.24 bits per heavy atom. The second kappa shape index (κ2) is 12.0. The van der Waals surface area contributed by atoms with Gasteiger partial charge in [0.1, 0.15) is 23.7 Å². The SMILES string of the molecule is CCCOC(=O)C(C)(C)N[P@@](=O)(CO[C@H](C)Cn1cnc2c(N)ncnc21)NC(=O)c1ccccc1Cl. The smallest absolute Gasteiger partial charge is 0.326 e. The molecule has 3 rings (SSSR count). The lowest BCUT2D eigenvalue weighted by molar-refractivity contribution is -0.149. The minimum atomic E-state index is -3.87. The summed E-state index contributed by atoms with van der Waals surface area (Å²) in [6, 6.07) is 6.36. The highest BCUT2D eigenvalue weighted by Gasteiger charge is 2.39. The minimum absolute atomic E-state index is 0.132. The largest absolute Gasteiger partial charge is 0.464 e. The summed E-state index contributed by atoms with van der Waals surface area (Å²) in [5, 5.41) is 5.47. The van der Waals surface area contributed by atoms with Gasteiger partial charge in [0.15, 0.2) is 11.5 Å². The Morgan fingerprint density at radius 3 is 2.68 bits per heavy atom. The number of carbonyl (C=O) groups is 2. The number of anilines is 1. The number of nitrogens with one attached hydrogen (secondary N) is 2. The van der Waals surface area contributed by atoms with E-state index in [2.05, 4.69) is 25.1 Å². The van der Waals surface area contributed by atoms with Crippen LogP contribution in [0, 0.1) is 0 Å². The van der Waals surface area contributed by atoms with Gasteiger partial charge >= 0.3 is 5.97 Å². The fraction of sp³-hybridized carbons (Fsp3) is 0.435. The summed E-state index contributed by atoms with van der Waals surface area (Å²) in [7, 11) is -3.87. The Labute approximate surface area is 219 Å². The molecule has 0 aliphatic carbocycles. The number of hydrogen-bond acceptors (Lipinski definition) is 9. The summed E-state index contributed by atoms with van der Waals surface area (Å²) in [6.45, 7) is 7.17. The maximum Gasteiger partial charge on any atom is 0.326 e. The highest BCUT2D eigenvalue weighted by Crippen LogP contribution is 2.40. The first-order valence-corrected chi connectivity index (χ1v) is 13.9. The van der Waals surface area contributed by atoms with Gasteiger partial charge in [-0.3, -0.25) is 19.2 Å². The number of rotatable bonds is 12. The van der Waals surface area contributed by atoms with Gasteiger partial charge in [-0.1, -0.05) is 30.7 Å². The number of amides is 1. The molecule has 37 heavy (non-hydrogen) atoms. The van der Waals surface area contributed by atoms with Gasteiger partial charge < -0.3 is 19.8 Å². The highest BCUT2D eigenvalue weighted by atomic mass is 35.5. The van der Waals surface area contributed by atoms with Crippen LogP contribution in [0.3, 0.4) is 0 Å². The number of benzene rings is 1. The molecule has 0 saturated heterocycles. The molecule has 3 aromatic rings. The van der Waals surface area contributed by atoms with Crippen molar-refractivity contribution < 1.29 is 23.6 Å². The molecule has 0 unspecified atom stereocenters. The van der Waals surface area contributed by atoms with E-state index in [0.717, 1.165) is 0 Å². The molecule has 0 aliphatic rings. The number of nitrogen functional groups attached to an aromatic ring is 1.